The van der Waals surface area contributed by atoms with Gasteiger partial charge in [0.2, 0.25) is 0 Å². The van der Waals surface area contributed by atoms with Crippen molar-refractivity contribution in [1.29, 1.82) is 0 Å². The molecule has 3 aromatic carbocycles. The molecule has 0 aliphatic rings. The Balaban J connectivity index is 0. The van der Waals surface area contributed by atoms with Crippen molar-refractivity contribution in [2.75, 3.05) is 0 Å². The first-order chi connectivity index (χ1) is 8.16. The van der Waals surface area contributed by atoms with Gasteiger partial charge in [-0.25, -0.2) is 11.6 Å². The van der Waals surface area contributed by atoms with Gasteiger partial charge in [-0.05, 0) is 0 Å². The summed E-state index contributed by atoms with van der Waals surface area (Å²) in [6, 6.07) is 19.1. The number of hydrogen-bond acceptors (Lipinski definition) is 0. The van der Waals surface area contributed by atoms with Crippen molar-refractivity contribution in [1.82, 2.24) is 0 Å². The van der Waals surface area contributed by atoms with Crippen molar-refractivity contribution in [3.05, 3.63) is 71.3 Å². The standard InChI is InChI=1S/C9H7.C8H11.2ClH.Zr/c1-2-5-9-7-3-6-8(9)4-1;1-6-4-7(2)8(3)5-6;;;/h1-7H;4-5H,1-3H3;2*1H;/q2*-1;;;+4/p-2. The van der Waals surface area contributed by atoms with Gasteiger partial charge in [0, 0.05) is 0 Å². The number of aryl methyl sites for hydroxylation is 3. The Morgan fingerprint density at radius 3 is 2.10 bits per heavy atom. The van der Waals surface area contributed by atoms with Crippen LogP contribution in [0.5, 0.6) is 0 Å². The van der Waals surface area contributed by atoms with Crippen LogP contribution in [0.1, 0.15) is 16.7 Å². The molecular weight excluding hydrogens is 366 g/mol. The zero-order valence-electron chi connectivity index (χ0n) is 12.0. The Hall–Kier alpha value is -0.357. The molecule has 0 saturated carbocycles. The predicted molar refractivity (Wildman–Crippen MR) is 75.8 cm³/mol. The second-order valence-electron chi connectivity index (χ2n) is 4.55. The van der Waals surface area contributed by atoms with Crippen molar-refractivity contribution >= 4 is 10.8 Å². The van der Waals surface area contributed by atoms with E-state index in [0.29, 0.717) is 0 Å². The Morgan fingerprint density at radius 2 is 1.65 bits per heavy atom. The zero-order valence-corrected chi connectivity index (χ0v) is 15.9. The number of halogens is 2. The second kappa shape index (κ2) is 10.4. The van der Waals surface area contributed by atoms with Crippen LogP contribution in [0.25, 0.3) is 10.8 Å². The van der Waals surface area contributed by atoms with Crippen molar-refractivity contribution in [2.24, 2.45) is 0 Å². The monoisotopic (exact) mass is 382 g/mol. The molecule has 0 nitrogen and oxygen atoms in total. The van der Waals surface area contributed by atoms with Crippen molar-refractivity contribution in [2.45, 2.75) is 20.8 Å². The van der Waals surface area contributed by atoms with E-state index < -0.39 is 0 Å². The molecule has 3 rings (SSSR count). The summed E-state index contributed by atoms with van der Waals surface area (Å²) in [6.45, 7) is 6.41. The van der Waals surface area contributed by atoms with Crippen LogP contribution in [0.2, 0.25) is 0 Å². The predicted octanol–water partition coefficient (Wildman–Crippen LogP) is -1.11. The van der Waals surface area contributed by atoms with Crippen LogP contribution >= 0.6 is 0 Å². The molecule has 0 spiro atoms. The fraction of sp³-hybridized carbons (Fsp3) is 0.176. The van der Waals surface area contributed by atoms with E-state index in [1.54, 1.807) is 0 Å². The molecule has 104 valence electrons. The molecule has 0 aliphatic carbocycles. The van der Waals surface area contributed by atoms with E-state index in [-0.39, 0.29) is 51.0 Å². The first-order valence-corrected chi connectivity index (χ1v) is 5.98. The van der Waals surface area contributed by atoms with Gasteiger partial charge in [-0.1, -0.05) is 26.8 Å². The molecular formula is C17H18Cl2Zr. The van der Waals surface area contributed by atoms with Crippen molar-refractivity contribution in [3.63, 3.8) is 0 Å². The zero-order chi connectivity index (χ0) is 12.3. The summed E-state index contributed by atoms with van der Waals surface area (Å²) in [5.74, 6) is 0. The topological polar surface area (TPSA) is 0 Å². The van der Waals surface area contributed by atoms with Gasteiger partial charge in [-0.2, -0.15) is 34.7 Å². The maximum Gasteiger partial charge on any atom is 4.00 e. The molecule has 0 unspecified atom stereocenters. The smallest absolute Gasteiger partial charge is 1.00 e. The average molecular weight is 384 g/mol. The van der Waals surface area contributed by atoms with E-state index in [0.717, 1.165) is 0 Å². The number of fused-ring (bicyclic) bond motifs is 1. The molecule has 3 aromatic rings. The minimum absolute atomic E-state index is 0. The Labute approximate surface area is 153 Å². The van der Waals surface area contributed by atoms with Crippen molar-refractivity contribution in [3.8, 4) is 0 Å². The van der Waals surface area contributed by atoms with Gasteiger partial charge in [0.1, 0.15) is 0 Å². The quantitative estimate of drug-likeness (QED) is 0.432. The summed E-state index contributed by atoms with van der Waals surface area (Å²) in [5, 5.41) is 2.66. The fourth-order valence-electron chi connectivity index (χ4n) is 2.02. The SMILES string of the molecule is Cc1cc(C)[c-](C)c1.[Cl-].[Cl-].[Zr+4].c1ccc2[cH-]ccc2c1. The Bertz CT molecular complexity index is 559. The molecule has 0 radical (unpaired) electrons. The first-order valence-electron chi connectivity index (χ1n) is 5.98. The van der Waals surface area contributed by atoms with Crippen LogP contribution in [0.4, 0.5) is 0 Å². The van der Waals surface area contributed by atoms with Crippen LogP contribution in [0.15, 0.2) is 54.6 Å². The van der Waals surface area contributed by atoms with Gasteiger partial charge >= 0.3 is 26.2 Å². The normalized spacial score (nSPS) is 8.55. The molecule has 0 bridgehead atoms. The summed E-state index contributed by atoms with van der Waals surface area (Å²) in [7, 11) is 0. The average Bonchev–Trinajstić information content (AvgIpc) is 2.87. The minimum Gasteiger partial charge on any atom is -1.00 e. The van der Waals surface area contributed by atoms with Gasteiger partial charge in [-0.3, -0.25) is 0 Å². The van der Waals surface area contributed by atoms with Crippen LogP contribution in [-0.4, -0.2) is 0 Å². The molecule has 0 aromatic heterocycles. The molecule has 0 saturated heterocycles. The van der Waals surface area contributed by atoms with E-state index in [4.69, 9.17) is 0 Å². The number of hydrogen-bond donors (Lipinski definition) is 0. The third-order valence-electron chi connectivity index (χ3n) is 3.06. The molecule has 0 atom stereocenters. The first kappa shape index (κ1) is 21.9. The van der Waals surface area contributed by atoms with Crippen LogP contribution < -0.4 is 24.8 Å². The van der Waals surface area contributed by atoms with Crippen LogP contribution in [0.3, 0.4) is 0 Å². The maximum atomic E-state index is 2.20. The second-order valence-corrected chi connectivity index (χ2v) is 4.55. The van der Waals surface area contributed by atoms with E-state index in [9.17, 15) is 0 Å². The molecule has 0 N–H and O–H groups in total. The van der Waals surface area contributed by atoms with E-state index in [1.165, 1.54) is 27.5 Å². The number of rotatable bonds is 0. The van der Waals surface area contributed by atoms with Gasteiger partial charge < -0.3 is 24.8 Å². The molecule has 0 heterocycles. The van der Waals surface area contributed by atoms with Gasteiger partial charge in [0.15, 0.2) is 0 Å². The van der Waals surface area contributed by atoms with E-state index in [1.807, 2.05) is 0 Å². The Morgan fingerprint density at radius 1 is 1.00 bits per heavy atom. The fourth-order valence-corrected chi connectivity index (χ4v) is 2.02. The van der Waals surface area contributed by atoms with Gasteiger partial charge in [0.05, 0.1) is 0 Å². The Kier molecular flexibility index (Phi) is 11.4. The summed E-state index contributed by atoms with van der Waals surface area (Å²) >= 11 is 0. The summed E-state index contributed by atoms with van der Waals surface area (Å²) in [4.78, 5) is 0. The largest absolute Gasteiger partial charge is 4.00 e. The third-order valence-corrected chi connectivity index (χ3v) is 3.06. The van der Waals surface area contributed by atoms with Crippen molar-refractivity contribution < 1.29 is 51.0 Å². The van der Waals surface area contributed by atoms with Gasteiger partial charge in [0.25, 0.3) is 0 Å². The van der Waals surface area contributed by atoms with Gasteiger partial charge in [-0.15, -0.1) is 29.7 Å². The van der Waals surface area contributed by atoms with Crippen LogP contribution in [-0.2, 0) is 26.2 Å². The molecule has 0 fully saturated rings. The molecule has 3 heteroatoms. The maximum absolute atomic E-state index is 2.20. The van der Waals surface area contributed by atoms with E-state index >= 15 is 0 Å². The summed E-state index contributed by atoms with van der Waals surface area (Å²) in [6.07, 6.45) is 0. The third kappa shape index (κ3) is 5.96. The number of benzene rings is 1. The summed E-state index contributed by atoms with van der Waals surface area (Å²) < 4.78 is 0. The minimum atomic E-state index is 0. The summed E-state index contributed by atoms with van der Waals surface area (Å²) in [5.41, 5.74) is 4.19. The molecule has 0 amide bonds. The van der Waals surface area contributed by atoms with Crippen LogP contribution in [0, 0.1) is 20.8 Å². The van der Waals surface area contributed by atoms with E-state index in [2.05, 4.69) is 75.4 Å². The molecule has 0 aliphatic heterocycles. The molecule has 20 heavy (non-hydrogen) atoms.